The summed E-state index contributed by atoms with van der Waals surface area (Å²) in [6.45, 7) is 0. The monoisotopic (exact) mass is 262 g/mol. The van der Waals surface area contributed by atoms with E-state index in [4.69, 9.17) is 5.11 Å². The third-order valence-corrected chi connectivity index (χ3v) is 3.22. The van der Waals surface area contributed by atoms with E-state index in [-0.39, 0.29) is 17.1 Å². The number of phenols is 2. The van der Waals surface area contributed by atoms with Crippen molar-refractivity contribution in [2.75, 3.05) is 0 Å². The lowest BCUT2D eigenvalue weighted by Gasteiger charge is -2.05. The molecule has 1 aromatic carbocycles. The number of nitrogens with zero attached hydrogens (tertiary/aromatic N) is 1. The predicted octanol–water partition coefficient (Wildman–Crippen LogP) is 2.54. The number of hydrazone groups is 1. The van der Waals surface area contributed by atoms with Crippen LogP contribution < -0.4 is 5.43 Å². The van der Waals surface area contributed by atoms with Crippen molar-refractivity contribution in [2.24, 2.45) is 5.10 Å². The van der Waals surface area contributed by atoms with E-state index in [1.807, 2.05) is 0 Å². The van der Waals surface area contributed by atoms with Gasteiger partial charge in [-0.25, -0.2) is 5.43 Å². The van der Waals surface area contributed by atoms with Gasteiger partial charge in [0.1, 0.15) is 11.5 Å². The van der Waals surface area contributed by atoms with Gasteiger partial charge in [0.15, 0.2) is 0 Å². The van der Waals surface area contributed by atoms with Crippen LogP contribution in [0, 0.1) is 0 Å². The predicted molar refractivity (Wildman–Crippen MR) is 72.4 cm³/mol. The maximum atomic E-state index is 11.8. The molecule has 19 heavy (non-hydrogen) atoms. The number of benzene rings is 1. The Balaban J connectivity index is 2.02. The zero-order valence-corrected chi connectivity index (χ0v) is 10.7. The molecular formula is C14H18N2O3. The summed E-state index contributed by atoms with van der Waals surface area (Å²) < 4.78 is 0. The normalized spacial score (nSPS) is 15.7. The molecule has 1 aromatic rings. The molecule has 5 nitrogen and oxygen atoms in total. The van der Waals surface area contributed by atoms with Gasteiger partial charge in [-0.2, -0.15) is 5.10 Å². The molecule has 1 fully saturated rings. The van der Waals surface area contributed by atoms with E-state index in [0.717, 1.165) is 37.5 Å². The first kappa shape index (κ1) is 13.4. The molecule has 5 heteroatoms. The quantitative estimate of drug-likeness (QED) is 0.566. The molecule has 3 N–H and O–H groups in total. The summed E-state index contributed by atoms with van der Waals surface area (Å²) in [7, 11) is 0. The lowest BCUT2D eigenvalue weighted by atomic mass is 10.2. The Bertz CT molecular complexity index is 487. The fraction of sp³-hybridized carbons (Fsp3) is 0.429. The van der Waals surface area contributed by atoms with E-state index in [1.165, 1.54) is 25.0 Å². The van der Waals surface area contributed by atoms with Gasteiger partial charge >= 0.3 is 0 Å². The number of nitrogens with one attached hydrogen (secondary N) is 1. The molecule has 1 aliphatic rings. The lowest BCUT2D eigenvalue weighted by molar-refractivity contribution is 0.0952. The summed E-state index contributed by atoms with van der Waals surface area (Å²) in [6.07, 6.45) is 6.49. The van der Waals surface area contributed by atoms with Gasteiger partial charge in [0.25, 0.3) is 5.91 Å². The maximum absolute atomic E-state index is 11.8. The van der Waals surface area contributed by atoms with Crippen LogP contribution in [0.1, 0.15) is 48.9 Å². The molecule has 0 spiro atoms. The van der Waals surface area contributed by atoms with Gasteiger partial charge in [-0.15, -0.1) is 0 Å². The topological polar surface area (TPSA) is 81.9 Å². The molecule has 102 valence electrons. The SMILES string of the molecule is O=C(NN=C1CCCCCC1)c1ccc(O)cc1O. The van der Waals surface area contributed by atoms with Crippen LogP contribution in [-0.2, 0) is 0 Å². The zero-order chi connectivity index (χ0) is 13.7. The van der Waals surface area contributed by atoms with Crippen LogP contribution in [0.15, 0.2) is 23.3 Å². The van der Waals surface area contributed by atoms with Crippen LogP contribution in [-0.4, -0.2) is 21.8 Å². The minimum absolute atomic E-state index is 0.0795. The Morgan fingerprint density at radius 1 is 1.11 bits per heavy atom. The highest BCUT2D eigenvalue weighted by atomic mass is 16.3. The summed E-state index contributed by atoms with van der Waals surface area (Å²) in [5.74, 6) is -0.794. The molecule has 1 saturated carbocycles. The fourth-order valence-corrected chi connectivity index (χ4v) is 2.15. The van der Waals surface area contributed by atoms with Gasteiger partial charge in [0, 0.05) is 11.8 Å². The molecule has 1 amide bonds. The first-order valence-electron chi connectivity index (χ1n) is 6.54. The Morgan fingerprint density at radius 2 is 1.79 bits per heavy atom. The van der Waals surface area contributed by atoms with Crippen molar-refractivity contribution in [3.8, 4) is 11.5 Å². The van der Waals surface area contributed by atoms with Crippen LogP contribution >= 0.6 is 0 Å². The Labute approximate surface area is 112 Å². The van der Waals surface area contributed by atoms with Crippen molar-refractivity contribution >= 4 is 11.6 Å². The Hall–Kier alpha value is -2.04. The smallest absolute Gasteiger partial charge is 0.275 e. The average molecular weight is 262 g/mol. The number of phenolic OH excluding ortho intramolecular Hbond substituents is 2. The average Bonchev–Trinajstić information content (AvgIpc) is 2.64. The largest absolute Gasteiger partial charge is 0.508 e. The van der Waals surface area contributed by atoms with Gasteiger partial charge in [-0.1, -0.05) is 12.8 Å². The lowest BCUT2D eigenvalue weighted by Crippen LogP contribution is -2.19. The number of hydrogen-bond acceptors (Lipinski definition) is 4. The second-order valence-corrected chi connectivity index (χ2v) is 4.73. The third-order valence-electron chi connectivity index (χ3n) is 3.22. The third kappa shape index (κ3) is 3.71. The highest BCUT2D eigenvalue weighted by Crippen LogP contribution is 2.22. The van der Waals surface area contributed by atoms with Gasteiger partial charge < -0.3 is 10.2 Å². The molecule has 0 bridgehead atoms. The second kappa shape index (κ2) is 6.22. The van der Waals surface area contributed by atoms with Crippen molar-refractivity contribution in [2.45, 2.75) is 38.5 Å². The minimum Gasteiger partial charge on any atom is -0.508 e. The van der Waals surface area contributed by atoms with E-state index >= 15 is 0 Å². The van der Waals surface area contributed by atoms with Gasteiger partial charge in [0.05, 0.1) is 5.56 Å². The van der Waals surface area contributed by atoms with Crippen molar-refractivity contribution in [1.82, 2.24) is 5.43 Å². The van der Waals surface area contributed by atoms with Crippen molar-refractivity contribution in [3.63, 3.8) is 0 Å². The van der Waals surface area contributed by atoms with Crippen LogP contribution in [0.5, 0.6) is 11.5 Å². The maximum Gasteiger partial charge on any atom is 0.275 e. The van der Waals surface area contributed by atoms with Gasteiger partial charge in [-0.3, -0.25) is 4.79 Å². The molecule has 0 aliphatic heterocycles. The standard InChI is InChI=1S/C14H18N2O3/c17-11-7-8-12(13(18)9-11)14(19)16-15-10-5-3-1-2-4-6-10/h7-9,17-18H,1-6H2,(H,16,19). The van der Waals surface area contributed by atoms with E-state index in [1.54, 1.807) is 0 Å². The molecule has 2 rings (SSSR count). The number of carbonyl (C=O) groups is 1. The zero-order valence-electron chi connectivity index (χ0n) is 10.7. The summed E-state index contributed by atoms with van der Waals surface area (Å²) in [5, 5.41) is 22.9. The number of carbonyl (C=O) groups excluding carboxylic acids is 1. The molecule has 0 radical (unpaired) electrons. The minimum atomic E-state index is -0.464. The molecule has 1 aliphatic carbocycles. The van der Waals surface area contributed by atoms with Crippen LogP contribution in [0.3, 0.4) is 0 Å². The Kier molecular flexibility index (Phi) is 4.39. The molecule has 0 heterocycles. The summed E-state index contributed by atoms with van der Waals surface area (Å²) in [4.78, 5) is 11.8. The molecule has 0 aromatic heterocycles. The van der Waals surface area contributed by atoms with E-state index < -0.39 is 5.91 Å². The summed E-state index contributed by atoms with van der Waals surface area (Å²) in [6, 6.07) is 3.86. The molecule has 0 saturated heterocycles. The highest BCUT2D eigenvalue weighted by Gasteiger charge is 2.12. The van der Waals surface area contributed by atoms with Crippen LogP contribution in [0.4, 0.5) is 0 Å². The number of rotatable bonds is 2. The molecule has 0 unspecified atom stereocenters. The van der Waals surface area contributed by atoms with E-state index in [9.17, 15) is 9.90 Å². The van der Waals surface area contributed by atoms with Gasteiger partial charge in [-0.05, 0) is 37.8 Å². The number of hydrogen-bond donors (Lipinski definition) is 3. The van der Waals surface area contributed by atoms with Crippen molar-refractivity contribution < 1.29 is 15.0 Å². The van der Waals surface area contributed by atoms with E-state index in [0.29, 0.717) is 0 Å². The highest BCUT2D eigenvalue weighted by molar-refractivity contribution is 5.97. The molecular weight excluding hydrogens is 244 g/mol. The van der Waals surface area contributed by atoms with Crippen LogP contribution in [0.25, 0.3) is 0 Å². The van der Waals surface area contributed by atoms with Crippen molar-refractivity contribution in [3.05, 3.63) is 23.8 Å². The number of amides is 1. The number of aromatic hydroxyl groups is 2. The van der Waals surface area contributed by atoms with Crippen LogP contribution in [0.2, 0.25) is 0 Å². The Morgan fingerprint density at radius 3 is 2.42 bits per heavy atom. The first-order chi connectivity index (χ1) is 9.16. The van der Waals surface area contributed by atoms with Crippen molar-refractivity contribution in [1.29, 1.82) is 0 Å². The molecule has 0 atom stereocenters. The van der Waals surface area contributed by atoms with Gasteiger partial charge in [0.2, 0.25) is 0 Å². The van der Waals surface area contributed by atoms with E-state index in [2.05, 4.69) is 10.5 Å². The fourth-order valence-electron chi connectivity index (χ4n) is 2.15. The second-order valence-electron chi connectivity index (χ2n) is 4.73. The summed E-state index contributed by atoms with van der Waals surface area (Å²) >= 11 is 0. The first-order valence-corrected chi connectivity index (χ1v) is 6.54. The summed E-state index contributed by atoms with van der Waals surface area (Å²) in [5.41, 5.74) is 3.58.